The van der Waals surface area contributed by atoms with Gasteiger partial charge in [-0.05, 0) is 11.1 Å². The first-order valence-electron chi connectivity index (χ1n) is 4.09. The van der Waals surface area contributed by atoms with Crippen molar-refractivity contribution in [3.63, 3.8) is 0 Å². The normalized spacial score (nSPS) is 24.6. The molecule has 0 spiro atoms. The van der Waals surface area contributed by atoms with E-state index in [4.69, 9.17) is 0 Å². The average Bonchev–Trinajstić information content (AvgIpc) is 3.00. The predicted octanol–water partition coefficient (Wildman–Crippen LogP) is 3.50. The minimum Gasteiger partial charge on any atom is -0.344 e. The Kier molecular flexibility index (Phi) is 4.29. The summed E-state index contributed by atoms with van der Waals surface area (Å²) in [4.78, 5) is 0. The summed E-state index contributed by atoms with van der Waals surface area (Å²) in [7, 11) is 0. The molecule has 1 fully saturated rings. The number of halogens is 1. The number of thioether (sulfide) groups is 1. The molecule has 1 aromatic rings. The molecule has 1 aromatic carbocycles. The number of hydrogen-bond donors (Lipinski definition) is 1. The first-order chi connectivity index (χ1) is 6.45. The first kappa shape index (κ1) is 11.9. The van der Waals surface area contributed by atoms with E-state index >= 15 is 0 Å². The Labute approximate surface area is 98.3 Å². The Morgan fingerprint density at radius 1 is 1.21 bits per heavy atom. The van der Waals surface area contributed by atoms with Gasteiger partial charge in [0.25, 0.3) is 0 Å². The van der Waals surface area contributed by atoms with Crippen LogP contribution in [0.15, 0.2) is 30.3 Å². The van der Waals surface area contributed by atoms with Crippen molar-refractivity contribution in [3.8, 4) is 0 Å². The number of rotatable bonds is 0. The van der Waals surface area contributed by atoms with Gasteiger partial charge in [-0.3, -0.25) is 0 Å². The molecule has 0 aromatic heterocycles. The van der Waals surface area contributed by atoms with Crippen LogP contribution in [0.5, 0.6) is 0 Å². The molecule has 72 valence electrons. The second-order valence-corrected chi connectivity index (χ2v) is 4.33. The fraction of sp³-hybridized carbons (Fsp3) is 0.200. The summed E-state index contributed by atoms with van der Waals surface area (Å²) < 4.78 is 0. The molecular formula is C10H11BBrNS. The maximum atomic E-state index is 4.31. The maximum Gasteiger partial charge on any atom is 0.176 e. The summed E-state index contributed by atoms with van der Waals surface area (Å²) in [5.74, 6) is 0. The molecule has 14 heavy (non-hydrogen) atoms. The monoisotopic (exact) mass is 267 g/mol. The molecule has 1 heterocycles. The molecule has 0 bridgehead atoms. The second kappa shape index (κ2) is 5.05. The number of benzene rings is 1. The van der Waals surface area contributed by atoms with Crippen molar-refractivity contribution in [1.29, 1.82) is 0 Å². The highest BCUT2D eigenvalue weighted by molar-refractivity contribution is 9.22. The Bertz CT molecular complexity index is 343. The first-order valence-corrected chi connectivity index (χ1v) is 5.95. The maximum absolute atomic E-state index is 4.31. The number of hydrogen-bond acceptors (Lipinski definition) is 2. The van der Waals surface area contributed by atoms with Gasteiger partial charge in [-0.15, -0.1) is 11.8 Å². The Balaban J connectivity index is 0.000000309. The van der Waals surface area contributed by atoms with Gasteiger partial charge in [-0.2, -0.15) is 15.8 Å². The van der Waals surface area contributed by atoms with E-state index in [9.17, 15) is 0 Å². The molecule has 4 heteroatoms. The van der Waals surface area contributed by atoms with Gasteiger partial charge in [-0.1, -0.05) is 36.4 Å². The van der Waals surface area contributed by atoms with Crippen molar-refractivity contribution < 1.29 is 0 Å². The lowest BCUT2D eigenvalue weighted by atomic mass is 9.98. The van der Waals surface area contributed by atoms with E-state index in [1.807, 2.05) is 0 Å². The van der Waals surface area contributed by atoms with E-state index < -0.39 is 0 Å². The van der Waals surface area contributed by atoms with Crippen LogP contribution in [-0.4, -0.2) is 11.9 Å². The predicted molar refractivity (Wildman–Crippen MR) is 69.3 cm³/mol. The molecule has 1 saturated heterocycles. The minimum atomic E-state index is 0. The van der Waals surface area contributed by atoms with Crippen molar-refractivity contribution in [2.45, 2.75) is 10.5 Å². The second-order valence-electron chi connectivity index (χ2n) is 3.01. The molecule has 1 nitrogen and oxygen atoms in total. The minimum absolute atomic E-state index is 0. The lowest BCUT2D eigenvalue weighted by Crippen LogP contribution is -1.93. The summed E-state index contributed by atoms with van der Waals surface area (Å²) in [6.45, 7) is 4.31. The van der Waals surface area contributed by atoms with Crippen LogP contribution in [-0.2, 0) is 0 Å². The highest BCUT2D eigenvalue weighted by atomic mass is 79.9. The van der Waals surface area contributed by atoms with E-state index in [0.29, 0.717) is 0 Å². The van der Waals surface area contributed by atoms with E-state index in [-0.39, 0.29) is 6.15 Å². The zero-order valence-electron chi connectivity index (χ0n) is 7.69. The van der Waals surface area contributed by atoms with Crippen LogP contribution in [0.2, 0.25) is 0 Å². The van der Waals surface area contributed by atoms with Crippen molar-refractivity contribution in [2.75, 3.05) is 0 Å². The lowest BCUT2D eigenvalue weighted by molar-refractivity contribution is 1.09. The fourth-order valence-electron chi connectivity index (χ4n) is 1.64. The van der Waals surface area contributed by atoms with Gasteiger partial charge < -0.3 is 6.15 Å². The van der Waals surface area contributed by atoms with Gasteiger partial charge in [0.1, 0.15) is 0 Å². The third kappa shape index (κ3) is 2.07. The van der Waals surface area contributed by atoms with Crippen molar-refractivity contribution in [1.82, 2.24) is 6.15 Å². The molecule has 1 aliphatic carbocycles. The molecule has 2 aliphatic rings. The topological polar surface area (TPSA) is 35.0 Å². The molecule has 0 saturated carbocycles. The van der Waals surface area contributed by atoms with Gasteiger partial charge in [0.15, 0.2) is 6.67 Å². The Morgan fingerprint density at radius 2 is 1.93 bits per heavy atom. The Morgan fingerprint density at radius 3 is 2.71 bits per heavy atom. The molecular weight excluding hydrogens is 257 g/mol. The quantitative estimate of drug-likeness (QED) is 0.577. The summed E-state index contributed by atoms with van der Waals surface area (Å²) >= 11 is 4.49. The highest BCUT2D eigenvalue weighted by Gasteiger charge is 2.40. The molecule has 2 atom stereocenters. The van der Waals surface area contributed by atoms with Gasteiger partial charge in [-0.25, -0.2) is 0 Å². The SMILES string of the molecule is C1=CC2SC2c2ccccc21.N.[B]Br. The highest BCUT2D eigenvalue weighted by Crippen LogP contribution is 2.58. The van der Waals surface area contributed by atoms with Crippen LogP contribution >= 0.6 is 27.5 Å². The zero-order valence-corrected chi connectivity index (χ0v) is 10.1. The zero-order chi connectivity index (χ0) is 9.26. The van der Waals surface area contributed by atoms with Gasteiger partial charge in [0.2, 0.25) is 0 Å². The van der Waals surface area contributed by atoms with E-state index in [1.54, 1.807) is 0 Å². The van der Waals surface area contributed by atoms with Gasteiger partial charge in [0, 0.05) is 10.5 Å². The molecule has 0 amide bonds. The lowest BCUT2D eigenvalue weighted by Gasteiger charge is -2.06. The number of fused-ring (bicyclic) bond motifs is 3. The molecule has 3 rings (SSSR count). The van der Waals surface area contributed by atoms with E-state index in [1.165, 1.54) is 11.1 Å². The Hall–Kier alpha value is -0.185. The van der Waals surface area contributed by atoms with Crippen molar-refractivity contribution in [3.05, 3.63) is 41.5 Å². The van der Waals surface area contributed by atoms with E-state index in [2.05, 4.69) is 70.6 Å². The molecule has 3 N–H and O–H groups in total. The fourth-order valence-corrected chi connectivity index (χ4v) is 2.66. The van der Waals surface area contributed by atoms with Gasteiger partial charge >= 0.3 is 0 Å². The molecule has 1 aliphatic heterocycles. The van der Waals surface area contributed by atoms with Crippen LogP contribution in [0.25, 0.3) is 6.08 Å². The summed E-state index contributed by atoms with van der Waals surface area (Å²) in [5.41, 5.74) is 2.95. The van der Waals surface area contributed by atoms with Crippen LogP contribution in [0.1, 0.15) is 16.4 Å². The third-order valence-electron chi connectivity index (χ3n) is 2.29. The summed E-state index contributed by atoms with van der Waals surface area (Å²) in [6, 6.07) is 8.68. The van der Waals surface area contributed by atoms with Crippen LogP contribution in [0.4, 0.5) is 0 Å². The standard InChI is InChI=1S/C10H8S.BBr.H3N/c1-2-4-8-7(3-1)5-6-9-10(8)11-9;1-2;/h1-6,9-10H;;1H3. The summed E-state index contributed by atoms with van der Waals surface area (Å²) in [5, 5.41) is 1.58. The smallest absolute Gasteiger partial charge is 0.176 e. The average molecular weight is 268 g/mol. The van der Waals surface area contributed by atoms with Crippen molar-refractivity contribution >= 4 is 40.3 Å². The summed E-state index contributed by atoms with van der Waals surface area (Å²) in [6.07, 6.45) is 4.56. The molecule has 2 radical (unpaired) electrons. The van der Waals surface area contributed by atoms with Gasteiger partial charge in [0.05, 0.1) is 0 Å². The van der Waals surface area contributed by atoms with Crippen molar-refractivity contribution in [2.24, 2.45) is 0 Å². The van der Waals surface area contributed by atoms with Crippen LogP contribution < -0.4 is 6.15 Å². The third-order valence-corrected chi connectivity index (χ3v) is 3.56. The van der Waals surface area contributed by atoms with Crippen LogP contribution in [0.3, 0.4) is 0 Å². The van der Waals surface area contributed by atoms with Crippen LogP contribution in [0, 0.1) is 0 Å². The van der Waals surface area contributed by atoms with E-state index in [0.717, 1.165) is 10.5 Å². The largest absolute Gasteiger partial charge is 0.344 e. The molecule has 2 unspecified atom stereocenters.